The molecule has 0 saturated carbocycles. The van der Waals surface area contributed by atoms with Gasteiger partial charge in [0.05, 0.1) is 7.11 Å². The minimum absolute atomic E-state index is 0.199. The first-order chi connectivity index (χ1) is 9.63. The molecule has 1 aromatic carbocycles. The van der Waals surface area contributed by atoms with Crippen molar-refractivity contribution in [3.63, 3.8) is 0 Å². The fourth-order valence-electron chi connectivity index (χ4n) is 2.16. The fourth-order valence-corrected chi connectivity index (χ4v) is 2.16. The lowest BCUT2D eigenvalue weighted by Gasteiger charge is -2.28. The van der Waals surface area contributed by atoms with Crippen molar-refractivity contribution in [2.24, 2.45) is 0 Å². The molecule has 0 radical (unpaired) electrons. The number of hydrogen-bond donors (Lipinski definition) is 1. The van der Waals surface area contributed by atoms with Gasteiger partial charge in [0, 0.05) is 25.2 Å². The van der Waals surface area contributed by atoms with Crippen molar-refractivity contribution in [3.8, 4) is 5.75 Å². The molecule has 0 aromatic heterocycles. The van der Waals surface area contributed by atoms with Crippen molar-refractivity contribution >= 4 is 6.09 Å². The minimum Gasteiger partial charge on any atom is -0.496 e. The second kappa shape index (κ2) is 8.43. The van der Waals surface area contributed by atoms with Crippen LogP contribution in [0, 0.1) is 0 Å². The van der Waals surface area contributed by atoms with E-state index in [1.807, 2.05) is 18.2 Å². The molecule has 112 valence electrons. The van der Waals surface area contributed by atoms with Gasteiger partial charge in [-0.15, -0.1) is 0 Å². The molecule has 1 atom stereocenters. The number of nitrogens with one attached hydrogen (secondary N) is 1. The van der Waals surface area contributed by atoms with Crippen LogP contribution >= 0.6 is 0 Å². The van der Waals surface area contributed by atoms with E-state index in [9.17, 15) is 4.79 Å². The highest BCUT2D eigenvalue weighted by Crippen LogP contribution is 2.28. The monoisotopic (exact) mass is 280 g/mol. The van der Waals surface area contributed by atoms with Gasteiger partial charge in [-0.2, -0.15) is 0 Å². The summed E-state index contributed by atoms with van der Waals surface area (Å²) in [6.07, 6.45) is -0.397. The Morgan fingerprint density at radius 1 is 1.40 bits per heavy atom. The third-order valence-electron chi connectivity index (χ3n) is 3.36. The highest BCUT2D eigenvalue weighted by molar-refractivity contribution is 5.66. The summed E-state index contributed by atoms with van der Waals surface area (Å²) in [6, 6.07) is 8.18. The van der Waals surface area contributed by atoms with E-state index in [2.05, 4.69) is 30.1 Å². The summed E-state index contributed by atoms with van der Waals surface area (Å²) in [6.45, 7) is 6.14. The summed E-state index contributed by atoms with van der Waals surface area (Å²) in [5, 5.41) is 2.44. The van der Waals surface area contributed by atoms with Crippen LogP contribution in [-0.4, -0.2) is 44.8 Å². The van der Waals surface area contributed by atoms with E-state index < -0.39 is 6.09 Å². The Bertz CT molecular complexity index is 423. The molecule has 0 heterocycles. The summed E-state index contributed by atoms with van der Waals surface area (Å²) < 4.78 is 10.4. The molecular formula is C15H24N2O3. The number of nitrogens with zero attached hydrogens (tertiary/aromatic N) is 1. The van der Waals surface area contributed by atoms with Crippen molar-refractivity contribution in [2.45, 2.75) is 19.9 Å². The summed E-state index contributed by atoms with van der Waals surface area (Å²) in [7, 11) is 3.23. The fraction of sp³-hybridized carbons (Fsp3) is 0.533. The first-order valence-electron chi connectivity index (χ1n) is 6.85. The molecule has 5 heteroatoms. The van der Waals surface area contributed by atoms with E-state index in [0.29, 0.717) is 13.2 Å². The van der Waals surface area contributed by atoms with Crippen LogP contribution in [0.4, 0.5) is 4.79 Å². The summed E-state index contributed by atoms with van der Waals surface area (Å²) in [4.78, 5) is 13.3. The molecule has 0 aliphatic heterocycles. The maximum Gasteiger partial charge on any atom is 0.406 e. The number of methoxy groups -OCH3 is 1. The van der Waals surface area contributed by atoms with Crippen LogP contribution in [0.5, 0.6) is 5.75 Å². The number of amides is 1. The number of hydrogen-bond acceptors (Lipinski definition) is 4. The van der Waals surface area contributed by atoms with Crippen molar-refractivity contribution in [1.29, 1.82) is 0 Å². The average Bonchev–Trinajstić information content (AvgIpc) is 2.50. The Hall–Kier alpha value is -1.75. The molecular weight excluding hydrogens is 256 g/mol. The normalized spacial score (nSPS) is 12.1. The third kappa shape index (κ3) is 4.42. The smallest absolute Gasteiger partial charge is 0.406 e. The lowest BCUT2D eigenvalue weighted by molar-refractivity contribution is 0.118. The first-order valence-corrected chi connectivity index (χ1v) is 6.85. The Morgan fingerprint density at radius 2 is 2.10 bits per heavy atom. The topological polar surface area (TPSA) is 50.8 Å². The van der Waals surface area contributed by atoms with E-state index in [-0.39, 0.29) is 6.04 Å². The maximum absolute atomic E-state index is 11.1. The molecule has 5 nitrogen and oxygen atoms in total. The Morgan fingerprint density at radius 3 is 2.70 bits per heavy atom. The molecule has 0 aliphatic carbocycles. The average molecular weight is 280 g/mol. The van der Waals surface area contributed by atoms with Crippen LogP contribution in [0.1, 0.15) is 25.5 Å². The highest BCUT2D eigenvalue weighted by atomic mass is 16.5. The summed E-state index contributed by atoms with van der Waals surface area (Å²) >= 11 is 0. The number of likely N-dealkylation sites (N-methyl/N-ethyl adjacent to an activating group) is 1. The second-order valence-electron chi connectivity index (χ2n) is 4.43. The number of carbonyl (C=O) groups is 1. The number of rotatable bonds is 7. The quantitative estimate of drug-likeness (QED) is 0.833. The van der Waals surface area contributed by atoms with Crippen LogP contribution in [0.15, 0.2) is 24.3 Å². The van der Waals surface area contributed by atoms with Gasteiger partial charge in [-0.25, -0.2) is 4.79 Å². The van der Waals surface area contributed by atoms with E-state index >= 15 is 0 Å². The zero-order valence-corrected chi connectivity index (χ0v) is 12.7. The minimum atomic E-state index is -0.397. The van der Waals surface area contributed by atoms with Crippen molar-refractivity contribution < 1.29 is 14.3 Å². The first kappa shape index (κ1) is 16.3. The van der Waals surface area contributed by atoms with Gasteiger partial charge in [0.1, 0.15) is 12.4 Å². The molecule has 0 aliphatic rings. The van der Waals surface area contributed by atoms with Gasteiger partial charge in [0.15, 0.2) is 0 Å². The van der Waals surface area contributed by atoms with Crippen LogP contribution in [0.25, 0.3) is 0 Å². The molecule has 20 heavy (non-hydrogen) atoms. The molecule has 1 aromatic rings. The predicted molar refractivity (Wildman–Crippen MR) is 79.1 cm³/mol. The Labute approximate surface area is 120 Å². The third-order valence-corrected chi connectivity index (χ3v) is 3.36. The standard InChI is InChI=1S/C15H24N2O3/c1-5-17(10-11-20-15(18)16-3)12(2)13-8-6-7-9-14(13)19-4/h6-9,12H,5,10-11H2,1-4H3,(H,16,18)/t12-/m0/s1. The van der Waals surface area contributed by atoms with Crippen molar-refractivity contribution in [1.82, 2.24) is 10.2 Å². The van der Waals surface area contributed by atoms with Crippen LogP contribution in [0.2, 0.25) is 0 Å². The molecule has 1 N–H and O–H groups in total. The SMILES string of the molecule is CCN(CCOC(=O)NC)[C@@H](C)c1ccccc1OC. The number of para-hydroxylation sites is 1. The largest absolute Gasteiger partial charge is 0.496 e. The van der Waals surface area contributed by atoms with Crippen molar-refractivity contribution in [2.75, 3.05) is 33.9 Å². The summed E-state index contributed by atoms with van der Waals surface area (Å²) in [5.74, 6) is 0.880. The van der Waals surface area contributed by atoms with Gasteiger partial charge in [-0.3, -0.25) is 4.90 Å². The molecule has 0 unspecified atom stereocenters. The van der Waals surface area contributed by atoms with Gasteiger partial charge in [-0.05, 0) is 19.5 Å². The second-order valence-corrected chi connectivity index (χ2v) is 4.43. The van der Waals surface area contributed by atoms with Gasteiger partial charge < -0.3 is 14.8 Å². The molecule has 1 rings (SSSR count). The molecule has 0 bridgehead atoms. The zero-order valence-electron chi connectivity index (χ0n) is 12.7. The van der Waals surface area contributed by atoms with Crippen LogP contribution < -0.4 is 10.1 Å². The zero-order chi connectivity index (χ0) is 15.0. The molecule has 0 spiro atoms. The number of ether oxygens (including phenoxy) is 2. The van der Waals surface area contributed by atoms with Gasteiger partial charge >= 0.3 is 6.09 Å². The lowest BCUT2D eigenvalue weighted by atomic mass is 10.1. The summed E-state index contributed by atoms with van der Waals surface area (Å²) in [5.41, 5.74) is 1.14. The van der Waals surface area contributed by atoms with Gasteiger partial charge in [-0.1, -0.05) is 25.1 Å². The van der Waals surface area contributed by atoms with E-state index in [1.54, 1.807) is 14.2 Å². The van der Waals surface area contributed by atoms with E-state index in [4.69, 9.17) is 9.47 Å². The predicted octanol–water partition coefficient (Wildman–Crippen LogP) is 2.43. The number of carbonyl (C=O) groups excluding carboxylic acids is 1. The molecule has 0 saturated heterocycles. The Kier molecular flexibility index (Phi) is 6.87. The maximum atomic E-state index is 11.1. The van der Waals surface area contributed by atoms with E-state index in [1.165, 1.54) is 0 Å². The van der Waals surface area contributed by atoms with E-state index in [0.717, 1.165) is 17.9 Å². The highest BCUT2D eigenvalue weighted by Gasteiger charge is 2.17. The van der Waals surface area contributed by atoms with Crippen molar-refractivity contribution in [3.05, 3.63) is 29.8 Å². The van der Waals surface area contributed by atoms with Crippen LogP contribution in [0.3, 0.4) is 0 Å². The molecule has 1 amide bonds. The lowest BCUT2D eigenvalue weighted by Crippen LogP contribution is -2.32. The number of benzene rings is 1. The molecule has 0 fully saturated rings. The Balaban J connectivity index is 2.66. The van der Waals surface area contributed by atoms with Gasteiger partial charge in [0.2, 0.25) is 0 Å². The number of alkyl carbamates (subject to hydrolysis) is 1. The van der Waals surface area contributed by atoms with Gasteiger partial charge in [0.25, 0.3) is 0 Å². The van der Waals surface area contributed by atoms with Crippen LogP contribution in [-0.2, 0) is 4.74 Å².